The van der Waals surface area contributed by atoms with Gasteiger partial charge in [0, 0.05) is 6.08 Å². The van der Waals surface area contributed by atoms with Crippen molar-refractivity contribution >= 4 is 13.6 Å². The molecule has 0 radical (unpaired) electrons. The fourth-order valence-corrected chi connectivity index (χ4v) is 3.27. The average molecular weight is 404 g/mol. The molecule has 0 aliphatic carbocycles. The molecule has 25 heavy (non-hydrogen) atoms. The van der Waals surface area contributed by atoms with E-state index in [1.807, 2.05) is 0 Å². The highest BCUT2D eigenvalue weighted by Crippen LogP contribution is 2.65. The largest absolute Gasteiger partial charge is 0.463 e. The van der Waals surface area contributed by atoms with Gasteiger partial charge in [-0.3, -0.25) is 4.57 Å². The molecule has 0 aliphatic heterocycles. The molecule has 13 heteroatoms. The number of rotatable bonds is 9. The van der Waals surface area contributed by atoms with E-state index >= 15 is 0 Å². The van der Waals surface area contributed by atoms with Crippen LogP contribution < -0.4 is 0 Å². The van der Waals surface area contributed by atoms with Gasteiger partial charge in [0.05, 0.1) is 19.8 Å². The fraction of sp³-hybridized carbons (Fsp3) is 0.750. The van der Waals surface area contributed by atoms with Gasteiger partial charge >= 0.3 is 31.6 Å². The summed E-state index contributed by atoms with van der Waals surface area (Å²) in [6.45, 7) is 1.76. The average Bonchev–Trinajstić information content (AvgIpc) is 2.44. The Hall–Kier alpha value is -1.13. The molecule has 5 nitrogen and oxygen atoms in total. The summed E-state index contributed by atoms with van der Waals surface area (Å²) in [5.74, 6) is -14.5. The molecule has 0 unspecified atom stereocenters. The Bertz CT molecular complexity index is 534. The van der Waals surface area contributed by atoms with Crippen LogP contribution in [0.5, 0.6) is 0 Å². The van der Waals surface area contributed by atoms with Crippen LogP contribution in [0.2, 0.25) is 0 Å². The van der Waals surface area contributed by atoms with E-state index in [1.54, 1.807) is 0 Å². The second-order valence-corrected chi connectivity index (χ2v) is 6.25. The van der Waals surface area contributed by atoms with Gasteiger partial charge in [-0.15, -0.1) is 0 Å². The molecule has 0 atom stereocenters. The molecule has 0 rings (SSSR count). The van der Waals surface area contributed by atoms with Crippen molar-refractivity contribution < 1.29 is 53.9 Å². The maximum atomic E-state index is 14.0. The summed E-state index contributed by atoms with van der Waals surface area (Å²) < 4.78 is 117. The smallest absolute Gasteiger partial charge is 0.460 e. The molecule has 0 saturated carbocycles. The summed E-state index contributed by atoms with van der Waals surface area (Å²) in [5.41, 5.74) is 0. The van der Waals surface area contributed by atoms with Gasteiger partial charge in [0.1, 0.15) is 5.31 Å². The van der Waals surface area contributed by atoms with Crippen molar-refractivity contribution in [1.82, 2.24) is 0 Å². The van der Waals surface area contributed by atoms with Gasteiger partial charge in [-0.1, -0.05) is 0 Å². The van der Waals surface area contributed by atoms with E-state index in [9.17, 15) is 40.1 Å². The molecular weight excluding hydrogens is 388 g/mol. The highest BCUT2D eigenvalue weighted by atomic mass is 31.2. The lowest BCUT2D eigenvalue weighted by Gasteiger charge is -2.32. The first-order valence-electron chi connectivity index (χ1n) is 6.82. The van der Waals surface area contributed by atoms with Gasteiger partial charge in [0.15, 0.2) is 0 Å². The van der Waals surface area contributed by atoms with Gasteiger partial charge in [0.25, 0.3) is 0 Å². The number of hydrogen-bond acceptors (Lipinski definition) is 5. The van der Waals surface area contributed by atoms with Crippen molar-refractivity contribution in [2.24, 2.45) is 0 Å². The third kappa shape index (κ3) is 5.18. The van der Waals surface area contributed by atoms with Gasteiger partial charge in [-0.25, -0.2) is 4.79 Å². The van der Waals surface area contributed by atoms with E-state index in [2.05, 4.69) is 13.8 Å². The Morgan fingerprint density at radius 1 is 0.920 bits per heavy atom. The third-order valence-electron chi connectivity index (χ3n) is 2.51. The van der Waals surface area contributed by atoms with Crippen molar-refractivity contribution in [1.29, 1.82) is 0 Å². The maximum Gasteiger partial charge on any atom is 0.460 e. The zero-order chi connectivity index (χ0) is 20.1. The number of ether oxygens (including phenoxy) is 1. The molecule has 0 aromatic heterocycles. The second kappa shape index (κ2) is 8.50. The van der Waals surface area contributed by atoms with Crippen LogP contribution in [-0.4, -0.2) is 43.8 Å². The molecule has 0 aromatic carbocycles. The van der Waals surface area contributed by atoms with Gasteiger partial charge < -0.3 is 13.8 Å². The first kappa shape index (κ1) is 23.9. The second-order valence-electron chi connectivity index (χ2n) is 4.26. The van der Waals surface area contributed by atoms with E-state index in [-0.39, 0.29) is 0 Å². The van der Waals surface area contributed by atoms with Crippen LogP contribution in [0.1, 0.15) is 20.8 Å². The minimum Gasteiger partial charge on any atom is -0.463 e. The Morgan fingerprint density at radius 2 is 1.36 bits per heavy atom. The van der Waals surface area contributed by atoms with Gasteiger partial charge in [0.2, 0.25) is 0 Å². The molecule has 0 saturated heterocycles. The topological polar surface area (TPSA) is 61.8 Å². The number of carbonyl (C=O) groups is 1. The molecule has 148 valence electrons. The normalized spacial score (nSPS) is 14.6. The van der Waals surface area contributed by atoms with E-state index in [1.165, 1.54) is 6.92 Å². The van der Waals surface area contributed by atoms with Crippen LogP contribution in [0.15, 0.2) is 11.4 Å². The Labute approximate surface area is 138 Å². The van der Waals surface area contributed by atoms with Crippen molar-refractivity contribution in [3.63, 3.8) is 0 Å². The number of alkyl halides is 7. The quantitative estimate of drug-likeness (QED) is 0.245. The molecule has 0 aliphatic rings. The van der Waals surface area contributed by atoms with Crippen LogP contribution in [0.25, 0.3) is 0 Å². The molecule has 0 aromatic rings. The summed E-state index contributed by atoms with van der Waals surface area (Å²) >= 11 is 0. The van der Waals surface area contributed by atoms with Crippen LogP contribution in [-0.2, 0) is 23.1 Å². The van der Waals surface area contributed by atoms with E-state index < -0.39 is 62.8 Å². The zero-order valence-corrected chi connectivity index (χ0v) is 14.2. The summed E-state index contributed by atoms with van der Waals surface area (Å²) in [5, 5.41) is -2.44. The number of halogens is 7. The Morgan fingerprint density at radius 3 is 1.68 bits per heavy atom. The van der Waals surface area contributed by atoms with Crippen LogP contribution in [0.4, 0.5) is 30.7 Å². The lowest BCUT2D eigenvalue weighted by molar-refractivity contribution is -0.343. The van der Waals surface area contributed by atoms with Gasteiger partial charge in [-0.2, -0.15) is 30.7 Å². The van der Waals surface area contributed by atoms with Crippen molar-refractivity contribution in [2.75, 3.05) is 19.8 Å². The molecule has 0 heterocycles. The number of hydrogen-bond donors (Lipinski definition) is 0. The molecule has 0 spiro atoms. The molecule has 0 bridgehead atoms. The van der Waals surface area contributed by atoms with Crippen molar-refractivity contribution in [2.45, 2.75) is 38.8 Å². The highest BCUT2D eigenvalue weighted by molar-refractivity contribution is 7.58. The van der Waals surface area contributed by atoms with Crippen molar-refractivity contribution in [3.8, 4) is 0 Å². The zero-order valence-electron chi connectivity index (χ0n) is 13.3. The van der Waals surface area contributed by atoms with E-state index in [4.69, 9.17) is 0 Å². The molecule has 0 fully saturated rings. The van der Waals surface area contributed by atoms with E-state index in [0.29, 0.717) is 0 Å². The summed E-state index contributed by atoms with van der Waals surface area (Å²) in [4.78, 5) is 11.3. The Kier molecular flexibility index (Phi) is 8.12. The fourth-order valence-electron chi connectivity index (χ4n) is 1.49. The summed E-state index contributed by atoms with van der Waals surface area (Å²) in [7, 11) is -5.36. The van der Waals surface area contributed by atoms with E-state index in [0.717, 1.165) is 13.8 Å². The number of carbonyl (C=O) groups excluding carboxylic acids is 1. The molecule has 0 amide bonds. The van der Waals surface area contributed by atoms with Crippen molar-refractivity contribution in [3.05, 3.63) is 11.4 Å². The summed E-state index contributed by atoms with van der Waals surface area (Å²) in [6.07, 6.45) is -7.12. The van der Waals surface area contributed by atoms with Gasteiger partial charge in [-0.05, 0) is 20.8 Å². The minimum absolute atomic E-state index is 0.405. The number of allylic oxidation sites excluding steroid dienone is 1. The first-order valence-corrected chi connectivity index (χ1v) is 8.36. The standard InChI is InChI=1S/C12H16F7O5P/c1-4-22-9(20)7-8(25(21,23-5-2)24-6-3)10(13,14)11(15,16)12(17,18)19/h7H,4-6H2,1-3H3/b8-7-. The highest BCUT2D eigenvalue weighted by Gasteiger charge is 2.76. The number of esters is 1. The SMILES string of the molecule is CCOC(=O)/C=C(/C(F)(F)C(F)(F)C(F)(F)F)P(=O)(OCC)OCC. The molecule has 0 N–H and O–H groups in total. The predicted octanol–water partition coefficient (Wildman–Crippen LogP) is 4.53. The lowest BCUT2D eigenvalue weighted by atomic mass is 10.1. The predicted molar refractivity (Wildman–Crippen MR) is 71.5 cm³/mol. The lowest BCUT2D eigenvalue weighted by Crippen LogP contribution is -2.53. The minimum atomic E-state index is -6.70. The summed E-state index contributed by atoms with van der Waals surface area (Å²) in [6, 6.07) is 0. The van der Waals surface area contributed by atoms with Crippen LogP contribution >= 0.6 is 7.60 Å². The first-order chi connectivity index (χ1) is 11.2. The molecular formula is C12H16F7O5P. The maximum absolute atomic E-state index is 14.0. The van der Waals surface area contributed by atoms with Crippen LogP contribution in [0.3, 0.4) is 0 Å². The third-order valence-corrected chi connectivity index (χ3v) is 4.70. The van der Waals surface area contributed by atoms with Crippen LogP contribution in [0, 0.1) is 0 Å². The monoisotopic (exact) mass is 404 g/mol. The Balaban J connectivity index is 6.50.